The minimum Gasteiger partial charge on any atom is -0.447 e. The van der Waals surface area contributed by atoms with Crippen LogP contribution in [0, 0.1) is 5.82 Å². The summed E-state index contributed by atoms with van der Waals surface area (Å²) in [6.45, 7) is 0.407. The van der Waals surface area contributed by atoms with Gasteiger partial charge in [-0.05, 0) is 48.4 Å². The van der Waals surface area contributed by atoms with E-state index in [4.69, 9.17) is 4.74 Å². The number of rotatable bonds is 5. The number of carbonyl (C=O) groups is 1. The zero-order chi connectivity index (χ0) is 17.9. The van der Waals surface area contributed by atoms with E-state index in [0.29, 0.717) is 6.61 Å². The van der Waals surface area contributed by atoms with Crippen LogP contribution in [0.4, 0.5) is 20.0 Å². The molecule has 4 rings (SSSR count). The molecular formula is C19H16FN3O2S. The van der Waals surface area contributed by atoms with Crippen LogP contribution >= 0.6 is 11.3 Å². The van der Waals surface area contributed by atoms with Crippen LogP contribution in [-0.2, 0) is 11.2 Å². The molecule has 1 atom stereocenters. The Morgan fingerprint density at radius 2 is 1.96 bits per heavy atom. The van der Waals surface area contributed by atoms with Crippen molar-refractivity contribution in [3.05, 3.63) is 65.3 Å². The quantitative estimate of drug-likeness (QED) is 0.702. The van der Waals surface area contributed by atoms with Crippen molar-refractivity contribution < 1.29 is 13.9 Å². The number of nitrogens with one attached hydrogen (secondary N) is 2. The van der Waals surface area contributed by atoms with Crippen LogP contribution in [0.2, 0.25) is 0 Å². The number of thiazole rings is 1. The maximum atomic E-state index is 13.0. The van der Waals surface area contributed by atoms with Crippen molar-refractivity contribution in [3.8, 4) is 11.3 Å². The molecule has 26 heavy (non-hydrogen) atoms. The number of anilines is 2. The number of aromatic nitrogens is 1. The van der Waals surface area contributed by atoms with E-state index < -0.39 is 0 Å². The molecule has 7 heteroatoms. The molecule has 132 valence electrons. The summed E-state index contributed by atoms with van der Waals surface area (Å²) in [4.78, 5) is 15.6. The number of ether oxygens (including phenoxy) is 1. The highest BCUT2D eigenvalue weighted by Crippen LogP contribution is 2.27. The van der Waals surface area contributed by atoms with Crippen LogP contribution in [0.5, 0.6) is 0 Å². The summed E-state index contributed by atoms with van der Waals surface area (Å²) < 4.78 is 17.9. The first-order valence-electron chi connectivity index (χ1n) is 8.16. The van der Waals surface area contributed by atoms with Crippen LogP contribution in [0.3, 0.4) is 0 Å². The lowest BCUT2D eigenvalue weighted by atomic mass is 10.1. The molecule has 3 aromatic rings. The van der Waals surface area contributed by atoms with Gasteiger partial charge in [-0.1, -0.05) is 12.1 Å². The highest BCUT2D eigenvalue weighted by atomic mass is 32.1. The van der Waals surface area contributed by atoms with Gasteiger partial charge in [0, 0.05) is 16.6 Å². The molecule has 0 aliphatic carbocycles. The Bertz CT molecular complexity index is 909. The third-order valence-electron chi connectivity index (χ3n) is 4.07. The molecule has 0 spiro atoms. The fourth-order valence-corrected chi connectivity index (χ4v) is 3.49. The van der Waals surface area contributed by atoms with Gasteiger partial charge in [0.25, 0.3) is 0 Å². The summed E-state index contributed by atoms with van der Waals surface area (Å²) in [5, 5.41) is 8.75. The first-order valence-corrected chi connectivity index (χ1v) is 9.04. The Morgan fingerprint density at radius 1 is 1.19 bits per heavy atom. The highest BCUT2D eigenvalue weighted by Gasteiger charge is 2.22. The lowest BCUT2D eigenvalue weighted by Gasteiger charge is -2.08. The number of hydrogen-bond acceptors (Lipinski definition) is 5. The van der Waals surface area contributed by atoms with Crippen LogP contribution in [-0.4, -0.2) is 23.7 Å². The van der Waals surface area contributed by atoms with Gasteiger partial charge in [-0.3, -0.25) is 0 Å². The molecule has 5 nitrogen and oxygen atoms in total. The first kappa shape index (κ1) is 16.5. The first-order chi connectivity index (χ1) is 12.7. The Balaban J connectivity index is 1.40. The summed E-state index contributed by atoms with van der Waals surface area (Å²) in [6.07, 6.45) is 0.381. The maximum absolute atomic E-state index is 13.0. The molecule has 1 saturated heterocycles. The van der Waals surface area contributed by atoms with Gasteiger partial charge in [0.2, 0.25) is 0 Å². The summed E-state index contributed by atoms with van der Waals surface area (Å²) in [7, 11) is 0. The molecule has 2 N–H and O–H groups in total. The van der Waals surface area contributed by atoms with E-state index in [2.05, 4.69) is 15.6 Å². The summed E-state index contributed by atoms with van der Waals surface area (Å²) in [5.74, 6) is -0.258. The molecule has 0 saturated carbocycles. The molecule has 1 aliphatic rings. The Hall–Kier alpha value is -2.93. The van der Waals surface area contributed by atoms with E-state index >= 15 is 0 Å². The van der Waals surface area contributed by atoms with Gasteiger partial charge in [0.1, 0.15) is 12.4 Å². The molecule has 1 unspecified atom stereocenters. The minimum absolute atomic E-state index is 0.0264. The van der Waals surface area contributed by atoms with Gasteiger partial charge >= 0.3 is 6.09 Å². The van der Waals surface area contributed by atoms with Crippen molar-refractivity contribution in [2.45, 2.75) is 12.5 Å². The molecule has 1 aliphatic heterocycles. The molecular weight excluding hydrogens is 353 g/mol. The largest absolute Gasteiger partial charge is 0.447 e. The van der Waals surface area contributed by atoms with E-state index in [1.165, 1.54) is 23.5 Å². The Morgan fingerprint density at radius 3 is 2.65 bits per heavy atom. The maximum Gasteiger partial charge on any atom is 0.407 e. The van der Waals surface area contributed by atoms with Crippen LogP contribution in [0.25, 0.3) is 11.3 Å². The summed E-state index contributed by atoms with van der Waals surface area (Å²) in [6, 6.07) is 14.3. The predicted octanol–water partition coefficient (Wildman–Crippen LogP) is 4.34. The zero-order valence-corrected chi connectivity index (χ0v) is 14.6. The van der Waals surface area contributed by atoms with E-state index in [1.807, 2.05) is 29.6 Å². The zero-order valence-electron chi connectivity index (χ0n) is 13.7. The SMILES string of the molecule is O=C1NC(Cc2ccc(Nc3nc(-c4ccc(F)cc4)cs3)cc2)CO1. The topological polar surface area (TPSA) is 63.2 Å². The van der Waals surface area contributed by atoms with Gasteiger partial charge in [-0.25, -0.2) is 14.2 Å². The van der Waals surface area contributed by atoms with Crippen LogP contribution in [0.15, 0.2) is 53.9 Å². The van der Waals surface area contributed by atoms with Crippen molar-refractivity contribution in [2.75, 3.05) is 11.9 Å². The number of nitrogens with zero attached hydrogens (tertiary/aromatic N) is 1. The van der Waals surface area contributed by atoms with E-state index in [-0.39, 0.29) is 18.0 Å². The monoisotopic (exact) mass is 369 g/mol. The fourth-order valence-electron chi connectivity index (χ4n) is 2.75. The smallest absolute Gasteiger partial charge is 0.407 e. The fraction of sp³-hybridized carbons (Fsp3) is 0.158. The average Bonchev–Trinajstić information content (AvgIpc) is 3.26. The Labute approximate surface area is 153 Å². The molecule has 0 bridgehead atoms. The van der Waals surface area contributed by atoms with Gasteiger partial charge in [0.05, 0.1) is 11.7 Å². The second-order valence-electron chi connectivity index (χ2n) is 6.01. The van der Waals surface area contributed by atoms with Crippen molar-refractivity contribution in [2.24, 2.45) is 0 Å². The van der Waals surface area contributed by atoms with Crippen LogP contribution in [0.1, 0.15) is 5.56 Å². The number of cyclic esters (lactones) is 1. The summed E-state index contributed by atoms with van der Waals surface area (Å²) in [5.41, 5.74) is 3.75. The van der Waals surface area contributed by atoms with Gasteiger partial charge in [0.15, 0.2) is 5.13 Å². The summed E-state index contributed by atoms with van der Waals surface area (Å²) >= 11 is 1.49. The van der Waals surface area contributed by atoms with Gasteiger partial charge in [-0.15, -0.1) is 11.3 Å². The van der Waals surface area contributed by atoms with Crippen LogP contribution < -0.4 is 10.6 Å². The second-order valence-corrected chi connectivity index (χ2v) is 6.87. The lowest BCUT2D eigenvalue weighted by molar-refractivity contribution is 0.177. The van der Waals surface area contributed by atoms with Crippen molar-refractivity contribution >= 4 is 28.2 Å². The molecule has 2 heterocycles. The van der Waals surface area contributed by atoms with Gasteiger partial charge in [-0.2, -0.15) is 0 Å². The lowest BCUT2D eigenvalue weighted by Crippen LogP contribution is -2.28. The molecule has 1 fully saturated rings. The number of halogens is 1. The minimum atomic E-state index is -0.353. The molecule has 1 amide bonds. The van der Waals surface area contributed by atoms with E-state index in [9.17, 15) is 9.18 Å². The standard InChI is InChI=1S/C19H16FN3O2S/c20-14-5-3-13(4-6-14)17-11-26-18(23-17)21-15-7-1-12(2-8-15)9-16-10-25-19(24)22-16/h1-8,11,16H,9-10H2,(H,21,23)(H,22,24). The highest BCUT2D eigenvalue weighted by molar-refractivity contribution is 7.14. The van der Waals surface area contributed by atoms with Crippen molar-refractivity contribution in [3.63, 3.8) is 0 Å². The van der Waals surface area contributed by atoms with E-state index in [0.717, 1.165) is 34.1 Å². The number of carbonyl (C=O) groups excluding carboxylic acids is 1. The third kappa shape index (κ3) is 3.83. The average molecular weight is 369 g/mol. The van der Waals surface area contributed by atoms with Crippen molar-refractivity contribution in [1.82, 2.24) is 10.3 Å². The van der Waals surface area contributed by atoms with Gasteiger partial charge < -0.3 is 15.4 Å². The third-order valence-corrected chi connectivity index (χ3v) is 4.83. The molecule has 0 radical (unpaired) electrons. The molecule has 1 aromatic heterocycles. The van der Waals surface area contributed by atoms with Crippen molar-refractivity contribution in [1.29, 1.82) is 0 Å². The number of benzene rings is 2. The number of hydrogen-bond donors (Lipinski definition) is 2. The molecule has 2 aromatic carbocycles. The number of alkyl carbamates (subject to hydrolysis) is 1. The Kier molecular flexibility index (Phi) is 4.53. The van der Waals surface area contributed by atoms with E-state index in [1.54, 1.807) is 12.1 Å². The normalized spacial score (nSPS) is 16.2. The predicted molar refractivity (Wildman–Crippen MR) is 99.2 cm³/mol. The number of amides is 1. The second kappa shape index (κ2) is 7.13.